The Morgan fingerprint density at radius 3 is 2.81 bits per heavy atom. The van der Waals surface area contributed by atoms with E-state index in [1.807, 2.05) is 0 Å². The summed E-state index contributed by atoms with van der Waals surface area (Å²) in [4.78, 5) is 0. The van der Waals surface area contributed by atoms with Crippen molar-refractivity contribution in [3.8, 4) is 11.5 Å². The molecule has 21 heavy (non-hydrogen) atoms. The fourth-order valence-electron chi connectivity index (χ4n) is 2.47. The van der Waals surface area contributed by atoms with E-state index in [1.54, 1.807) is 6.07 Å². The van der Waals surface area contributed by atoms with E-state index in [4.69, 9.17) is 9.47 Å². The van der Waals surface area contributed by atoms with Crippen molar-refractivity contribution in [1.82, 2.24) is 0 Å². The Morgan fingerprint density at radius 1 is 1.38 bits per heavy atom. The van der Waals surface area contributed by atoms with Crippen molar-refractivity contribution in [3.63, 3.8) is 0 Å². The van der Waals surface area contributed by atoms with Crippen molar-refractivity contribution < 1.29 is 28.1 Å². The maximum absolute atomic E-state index is 12.4. The number of aliphatic hydroxyl groups excluding tert-OH is 1. The zero-order valence-electron chi connectivity index (χ0n) is 11.9. The van der Waals surface area contributed by atoms with Gasteiger partial charge in [0, 0.05) is 6.61 Å². The van der Waals surface area contributed by atoms with E-state index >= 15 is 0 Å². The second kappa shape index (κ2) is 7.56. The Hall–Kier alpha value is -1.40. The number of halogens is 2. The Morgan fingerprint density at radius 2 is 2.19 bits per heavy atom. The van der Waals surface area contributed by atoms with Crippen LogP contribution < -0.4 is 9.47 Å². The average Bonchev–Trinajstić information content (AvgIpc) is 2.97. The fourth-order valence-corrected chi connectivity index (χ4v) is 2.47. The van der Waals surface area contributed by atoms with E-state index in [0.29, 0.717) is 12.0 Å². The predicted molar refractivity (Wildman–Crippen MR) is 72.8 cm³/mol. The van der Waals surface area contributed by atoms with Gasteiger partial charge in [-0.15, -0.1) is 0 Å². The highest BCUT2D eigenvalue weighted by Crippen LogP contribution is 2.33. The number of methoxy groups -OCH3 is 1. The third kappa shape index (κ3) is 4.54. The Labute approximate surface area is 122 Å². The first-order valence-electron chi connectivity index (χ1n) is 7.02. The summed E-state index contributed by atoms with van der Waals surface area (Å²) in [7, 11) is 1.38. The topological polar surface area (TPSA) is 47.9 Å². The summed E-state index contributed by atoms with van der Waals surface area (Å²) in [5.41, 5.74) is 0.532. The van der Waals surface area contributed by atoms with Crippen molar-refractivity contribution in [2.75, 3.05) is 13.7 Å². The molecule has 118 valence electrons. The lowest BCUT2D eigenvalue weighted by atomic mass is 10.0. The maximum Gasteiger partial charge on any atom is 0.387 e. The van der Waals surface area contributed by atoms with Gasteiger partial charge >= 0.3 is 6.61 Å². The molecule has 4 nitrogen and oxygen atoms in total. The van der Waals surface area contributed by atoms with Crippen molar-refractivity contribution in [3.05, 3.63) is 23.8 Å². The summed E-state index contributed by atoms with van der Waals surface area (Å²) < 4.78 is 39.6. The minimum atomic E-state index is -2.93. The Balaban J connectivity index is 2.00. The van der Waals surface area contributed by atoms with Gasteiger partial charge in [-0.2, -0.15) is 8.78 Å². The van der Waals surface area contributed by atoms with Gasteiger partial charge in [-0.25, -0.2) is 0 Å². The van der Waals surface area contributed by atoms with Crippen LogP contribution in [0.4, 0.5) is 8.78 Å². The van der Waals surface area contributed by atoms with Crippen LogP contribution in [0.2, 0.25) is 0 Å². The molecule has 0 radical (unpaired) electrons. The maximum atomic E-state index is 12.4. The van der Waals surface area contributed by atoms with Gasteiger partial charge in [-0.05, 0) is 43.4 Å². The summed E-state index contributed by atoms with van der Waals surface area (Å²) in [6, 6.07) is 4.56. The highest BCUT2D eigenvalue weighted by molar-refractivity contribution is 5.43. The predicted octanol–water partition coefficient (Wildman–Crippen LogP) is 3.29. The molecule has 0 aliphatic carbocycles. The van der Waals surface area contributed by atoms with Gasteiger partial charge in [0.2, 0.25) is 0 Å². The summed E-state index contributed by atoms with van der Waals surface area (Å²) in [5.74, 6) is 0.145. The van der Waals surface area contributed by atoms with Gasteiger partial charge in [0.25, 0.3) is 0 Å². The first-order chi connectivity index (χ1) is 10.1. The smallest absolute Gasteiger partial charge is 0.387 e. The molecule has 0 bridgehead atoms. The molecule has 2 unspecified atom stereocenters. The van der Waals surface area contributed by atoms with E-state index in [0.717, 1.165) is 25.9 Å². The van der Waals surface area contributed by atoms with Crippen LogP contribution in [0, 0.1) is 0 Å². The molecule has 1 saturated heterocycles. The summed E-state index contributed by atoms with van der Waals surface area (Å²) in [6.45, 7) is -2.16. The standard InChI is InChI=1S/C15H20F2O4/c1-19-13-7-4-10(9-14(13)21-15(16)17)12(18)6-5-11-3-2-8-20-11/h4,7,9,11-12,15,18H,2-3,5-6,8H2,1H3. The molecule has 1 fully saturated rings. The molecular weight excluding hydrogens is 282 g/mol. The molecule has 1 aromatic rings. The average molecular weight is 302 g/mol. The van der Waals surface area contributed by atoms with Crippen molar-refractivity contribution in [1.29, 1.82) is 0 Å². The van der Waals surface area contributed by atoms with E-state index < -0.39 is 12.7 Å². The molecule has 2 atom stereocenters. The summed E-state index contributed by atoms with van der Waals surface area (Å²) in [5, 5.41) is 10.2. The minimum Gasteiger partial charge on any atom is -0.493 e. The zero-order chi connectivity index (χ0) is 15.2. The summed E-state index contributed by atoms with van der Waals surface area (Å²) >= 11 is 0. The van der Waals surface area contributed by atoms with Crippen LogP contribution in [0.3, 0.4) is 0 Å². The van der Waals surface area contributed by atoms with E-state index in [2.05, 4.69) is 4.74 Å². The highest BCUT2D eigenvalue weighted by atomic mass is 19.3. The molecule has 1 aliphatic rings. The minimum absolute atomic E-state index is 0.0684. The van der Waals surface area contributed by atoms with Crippen LogP contribution in [0.25, 0.3) is 0 Å². The number of aliphatic hydroxyl groups is 1. The van der Waals surface area contributed by atoms with Crippen LogP contribution in [-0.2, 0) is 4.74 Å². The van der Waals surface area contributed by atoms with Crippen LogP contribution in [0.1, 0.15) is 37.4 Å². The Bertz CT molecular complexity index is 447. The first-order valence-corrected chi connectivity index (χ1v) is 7.02. The summed E-state index contributed by atoms with van der Waals surface area (Å²) in [6.07, 6.45) is 2.78. The number of ether oxygens (including phenoxy) is 3. The molecule has 0 amide bonds. The van der Waals surface area contributed by atoms with Gasteiger partial charge in [-0.1, -0.05) is 6.07 Å². The van der Waals surface area contributed by atoms with Crippen LogP contribution in [-0.4, -0.2) is 31.5 Å². The molecule has 1 N–H and O–H groups in total. The molecular formula is C15H20F2O4. The van der Waals surface area contributed by atoms with Crippen molar-refractivity contribution in [2.24, 2.45) is 0 Å². The number of alkyl halides is 2. The molecule has 0 saturated carbocycles. The quantitative estimate of drug-likeness (QED) is 0.839. The lowest BCUT2D eigenvalue weighted by molar-refractivity contribution is -0.0513. The van der Waals surface area contributed by atoms with E-state index in [-0.39, 0.29) is 17.6 Å². The molecule has 6 heteroatoms. The molecule has 1 heterocycles. The Kier molecular flexibility index (Phi) is 5.76. The van der Waals surface area contributed by atoms with Crippen molar-refractivity contribution >= 4 is 0 Å². The molecule has 0 spiro atoms. The van der Waals surface area contributed by atoms with Gasteiger partial charge in [0.15, 0.2) is 11.5 Å². The lowest BCUT2D eigenvalue weighted by Gasteiger charge is -2.16. The van der Waals surface area contributed by atoms with Crippen LogP contribution in [0.5, 0.6) is 11.5 Å². The molecule has 1 aliphatic heterocycles. The molecule has 1 aromatic carbocycles. The number of benzene rings is 1. The van der Waals surface area contributed by atoms with Gasteiger partial charge in [0.1, 0.15) is 0 Å². The van der Waals surface area contributed by atoms with Gasteiger partial charge in [0.05, 0.1) is 19.3 Å². The fraction of sp³-hybridized carbons (Fsp3) is 0.600. The molecule has 0 aromatic heterocycles. The first kappa shape index (κ1) is 16.0. The zero-order valence-corrected chi connectivity index (χ0v) is 11.9. The van der Waals surface area contributed by atoms with Gasteiger partial charge in [-0.3, -0.25) is 0 Å². The normalized spacial score (nSPS) is 19.8. The monoisotopic (exact) mass is 302 g/mol. The van der Waals surface area contributed by atoms with E-state index in [1.165, 1.54) is 19.2 Å². The van der Waals surface area contributed by atoms with Crippen LogP contribution in [0.15, 0.2) is 18.2 Å². The van der Waals surface area contributed by atoms with Crippen LogP contribution >= 0.6 is 0 Å². The van der Waals surface area contributed by atoms with E-state index in [9.17, 15) is 13.9 Å². The SMILES string of the molecule is COc1ccc(C(O)CCC2CCCO2)cc1OC(F)F. The number of hydrogen-bond donors (Lipinski definition) is 1. The third-order valence-corrected chi connectivity index (χ3v) is 3.57. The number of hydrogen-bond acceptors (Lipinski definition) is 4. The third-order valence-electron chi connectivity index (χ3n) is 3.57. The lowest BCUT2D eigenvalue weighted by Crippen LogP contribution is -2.09. The second-order valence-electron chi connectivity index (χ2n) is 5.02. The highest BCUT2D eigenvalue weighted by Gasteiger charge is 2.19. The molecule has 2 rings (SSSR count). The van der Waals surface area contributed by atoms with Gasteiger partial charge < -0.3 is 19.3 Å². The second-order valence-corrected chi connectivity index (χ2v) is 5.02. The largest absolute Gasteiger partial charge is 0.493 e. The number of rotatable bonds is 7. The van der Waals surface area contributed by atoms with Crippen molar-refractivity contribution in [2.45, 2.75) is 44.5 Å².